The van der Waals surface area contributed by atoms with Crippen LogP contribution in [0.15, 0.2) is 48.0 Å². The maximum atomic E-state index is 12.4. The average Bonchev–Trinajstić information content (AvgIpc) is 3.33. The highest BCUT2D eigenvalue weighted by Crippen LogP contribution is 2.43. The number of aromatic nitrogens is 5. The lowest BCUT2D eigenvalue weighted by Crippen LogP contribution is -2.26. The van der Waals surface area contributed by atoms with Crippen LogP contribution in [-0.4, -0.2) is 56.1 Å². The molecule has 0 saturated heterocycles. The third-order valence-electron chi connectivity index (χ3n) is 6.83. The van der Waals surface area contributed by atoms with Gasteiger partial charge in [0.05, 0.1) is 35.3 Å². The van der Waals surface area contributed by atoms with Crippen molar-refractivity contribution in [2.24, 2.45) is 0 Å². The van der Waals surface area contributed by atoms with Gasteiger partial charge in [0.2, 0.25) is 4.96 Å². The molecule has 1 aliphatic rings. The molecule has 13 heteroatoms. The van der Waals surface area contributed by atoms with Crippen molar-refractivity contribution in [1.29, 1.82) is 5.26 Å². The first-order chi connectivity index (χ1) is 20.5. The molecule has 1 aliphatic carbocycles. The van der Waals surface area contributed by atoms with Gasteiger partial charge in [0.1, 0.15) is 45.4 Å². The Labute approximate surface area is 252 Å². The Bertz CT molecular complexity index is 1950. The minimum absolute atomic E-state index is 0.0412. The van der Waals surface area contributed by atoms with E-state index in [-0.39, 0.29) is 19.1 Å². The van der Waals surface area contributed by atoms with Crippen molar-refractivity contribution in [2.75, 3.05) is 20.7 Å². The Morgan fingerprint density at radius 3 is 2.71 bits per heavy atom. The van der Waals surface area contributed by atoms with Gasteiger partial charge in [-0.25, -0.2) is 19.5 Å². The van der Waals surface area contributed by atoms with Crippen LogP contribution in [0.5, 0.6) is 11.5 Å². The van der Waals surface area contributed by atoms with Crippen molar-refractivity contribution in [3.8, 4) is 38.8 Å². The monoisotopic (exact) mass is 613 g/mol. The van der Waals surface area contributed by atoms with E-state index in [1.54, 1.807) is 37.6 Å². The normalized spacial score (nSPS) is 13.0. The molecule has 10 nitrogen and oxygen atoms in total. The van der Waals surface area contributed by atoms with Gasteiger partial charge in [-0.3, -0.25) is 4.79 Å². The zero-order valence-corrected chi connectivity index (χ0v) is 25.1. The molecule has 42 heavy (non-hydrogen) atoms. The van der Waals surface area contributed by atoms with Gasteiger partial charge in [-0.15, -0.1) is 22.7 Å². The average molecular weight is 614 g/mol. The lowest BCUT2D eigenvalue weighted by atomic mass is 10.1. The first-order valence-corrected chi connectivity index (χ1v) is 15.7. The summed E-state index contributed by atoms with van der Waals surface area (Å²) in [6.45, 7) is 0.315. The number of carbonyl (C=O) groups is 1. The molecule has 2 aromatic carbocycles. The molecule has 0 aliphatic heterocycles. The summed E-state index contributed by atoms with van der Waals surface area (Å²) in [5.41, 5.74) is 3.78. The van der Waals surface area contributed by atoms with Gasteiger partial charge in [-0.2, -0.15) is 10.4 Å². The van der Waals surface area contributed by atoms with E-state index >= 15 is 0 Å². The van der Waals surface area contributed by atoms with Crippen molar-refractivity contribution in [3.63, 3.8) is 0 Å². The molecular formula is C29H23N7O3S3. The molecular weight excluding hydrogens is 591 g/mol. The van der Waals surface area contributed by atoms with Crippen LogP contribution in [0.25, 0.3) is 36.5 Å². The van der Waals surface area contributed by atoms with Crippen molar-refractivity contribution >= 4 is 55.1 Å². The summed E-state index contributed by atoms with van der Waals surface area (Å²) in [5, 5.41) is 18.3. The highest BCUT2D eigenvalue weighted by molar-refractivity contribution is 7.22. The predicted octanol–water partition coefficient (Wildman–Crippen LogP) is 6.25. The number of benzene rings is 2. The third kappa shape index (κ3) is 5.09. The Hall–Kier alpha value is -4.38. The summed E-state index contributed by atoms with van der Waals surface area (Å²) in [7, 11) is 3.23. The number of nitriles is 1. The lowest BCUT2D eigenvalue weighted by Gasteiger charge is -2.12. The molecule has 1 fully saturated rings. The minimum atomic E-state index is -0.195. The fourth-order valence-electron chi connectivity index (χ4n) is 4.44. The number of nitrogens with zero attached hydrogens (tertiary/aromatic N) is 7. The SMILES string of the molecule is COc1cc(OCc2csc(-c3ccc(C(=O)N(C)CC#N)cc3)n2)c2sc(-c3cn4nc(C5CC5)sc4n3)nc2c1. The number of fused-ring (bicyclic) bond motifs is 2. The predicted molar refractivity (Wildman–Crippen MR) is 162 cm³/mol. The van der Waals surface area contributed by atoms with Crippen LogP contribution in [0.4, 0.5) is 0 Å². The fraction of sp³-hybridized carbons (Fsp3) is 0.241. The Morgan fingerprint density at radius 1 is 1.14 bits per heavy atom. The number of methoxy groups -OCH3 is 1. The first-order valence-electron chi connectivity index (χ1n) is 13.1. The molecule has 210 valence electrons. The van der Waals surface area contributed by atoms with Crippen molar-refractivity contribution in [2.45, 2.75) is 25.4 Å². The minimum Gasteiger partial charge on any atom is -0.497 e. The van der Waals surface area contributed by atoms with Gasteiger partial charge in [0.15, 0.2) is 0 Å². The first kappa shape index (κ1) is 26.5. The van der Waals surface area contributed by atoms with Gasteiger partial charge < -0.3 is 14.4 Å². The smallest absolute Gasteiger partial charge is 0.254 e. The Balaban J connectivity index is 1.09. The summed E-state index contributed by atoms with van der Waals surface area (Å²) < 4.78 is 14.6. The van der Waals surface area contributed by atoms with Crippen LogP contribution in [0, 0.1) is 11.3 Å². The summed E-state index contributed by atoms with van der Waals surface area (Å²) in [6, 6.07) is 13.0. The van der Waals surface area contributed by atoms with Crippen LogP contribution in [0.3, 0.4) is 0 Å². The fourth-order valence-corrected chi connectivity index (χ4v) is 7.26. The zero-order valence-electron chi connectivity index (χ0n) is 22.6. The van der Waals surface area contributed by atoms with Crippen LogP contribution in [0.1, 0.15) is 39.8 Å². The van der Waals surface area contributed by atoms with E-state index in [1.807, 2.05) is 46.4 Å². The third-order valence-corrected chi connectivity index (χ3v) is 9.96. The maximum absolute atomic E-state index is 12.4. The van der Waals surface area contributed by atoms with Gasteiger partial charge >= 0.3 is 0 Å². The number of carbonyl (C=O) groups excluding carboxylic acids is 1. The van der Waals surface area contributed by atoms with Crippen molar-refractivity contribution in [3.05, 3.63) is 64.2 Å². The highest BCUT2D eigenvalue weighted by atomic mass is 32.1. The topological polar surface area (TPSA) is 119 Å². The molecule has 4 aromatic heterocycles. The molecule has 6 aromatic rings. The van der Waals surface area contributed by atoms with Gasteiger partial charge in [0, 0.05) is 41.6 Å². The summed E-state index contributed by atoms with van der Waals surface area (Å²) in [4.78, 5) is 29.1. The molecule has 0 N–H and O–H groups in total. The van der Waals surface area contributed by atoms with Crippen LogP contribution in [-0.2, 0) is 6.61 Å². The molecule has 4 heterocycles. The number of amides is 1. The van der Waals surface area contributed by atoms with E-state index in [1.165, 1.54) is 40.4 Å². The molecule has 7 rings (SSSR count). The van der Waals surface area contributed by atoms with Crippen LogP contribution >= 0.6 is 34.0 Å². The molecule has 0 unspecified atom stereocenters. The highest BCUT2D eigenvalue weighted by Gasteiger charge is 2.28. The van der Waals surface area contributed by atoms with Crippen molar-refractivity contribution in [1.82, 2.24) is 29.5 Å². The molecule has 0 atom stereocenters. The van der Waals surface area contributed by atoms with Gasteiger partial charge in [-0.05, 0) is 25.0 Å². The maximum Gasteiger partial charge on any atom is 0.254 e. The number of ether oxygens (including phenoxy) is 2. The Kier molecular flexibility index (Phi) is 6.81. The van der Waals surface area contributed by atoms with Crippen LogP contribution < -0.4 is 9.47 Å². The summed E-state index contributed by atoms with van der Waals surface area (Å²) in [6.07, 6.45) is 4.37. The number of imidazole rings is 1. The summed E-state index contributed by atoms with van der Waals surface area (Å²) in [5.74, 6) is 1.73. The van der Waals surface area contributed by atoms with E-state index in [2.05, 4.69) is 0 Å². The molecule has 0 bridgehead atoms. The molecule has 1 saturated carbocycles. The zero-order chi connectivity index (χ0) is 28.8. The molecule has 0 radical (unpaired) electrons. The molecule has 1 amide bonds. The number of hydrogen-bond acceptors (Lipinski definition) is 11. The van der Waals surface area contributed by atoms with E-state index in [4.69, 9.17) is 34.8 Å². The second-order valence-electron chi connectivity index (χ2n) is 9.89. The Morgan fingerprint density at radius 2 is 1.98 bits per heavy atom. The lowest BCUT2D eigenvalue weighted by molar-refractivity contribution is 0.0812. The number of rotatable bonds is 9. The molecule has 0 spiro atoms. The second-order valence-corrected chi connectivity index (χ2v) is 12.7. The number of hydrogen-bond donors (Lipinski definition) is 0. The van der Waals surface area contributed by atoms with E-state index in [0.717, 1.165) is 47.2 Å². The second kappa shape index (κ2) is 10.8. The summed E-state index contributed by atoms with van der Waals surface area (Å²) >= 11 is 4.68. The van der Waals surface area contributed by atoms with Crippen LogP contribution in [0.2, 0.25) is 0 Å². The van der Waals surface area contributed by atoms with Gasteiger partial charge in [0.25, 0.3) is 5.91 Å². The van der Waals surface area contributed by atoms with E-state index < -0.39 is 0 Å². The van der Waals surface area contributed by atoms with E-state index in [9.17, 15) is 4.79 Å². The number of thiazole rings is 2. The standard InChI is InChI=1S/C29H23N7O3S3/c1-35(10-9-30)28(37)18-7-5-16(6-8-18)25-31-19(15-40-25)14-39-23-12-20(38-2)11-21-24(23)41-27(32-21)22-13-36-29(33-22)42-26(34-36)17-3-4-17/h5-8,11-13,15,17H,3-4,10,14H2,1-2H3. The van der Waals surface area contributed by atoms with Gasteiger partial charge in [-0.1, -0.05) is 23.5 Å². The van der Waals surface area contributed by atoms with Crippen molar-refractivity contribution < 1.29 is 14.3 Å². The largest absolute Gasteiger partial charge is 0.497 e. The quantitative estimate of drug-likeness (QED) is 0.176. The van der Waals surface area contributed by atoms with E-state index in [0.29, 0.717) is 23.0 Å².